The Morgan fingerprint density at radius 1 is 1.50 bits per heavy atom. The van der Waals surface area contributed by atoms with Gasteiger partial charge in [0.25, 0.3) is 0 Å². The van der Waals surface area contributed by atoms with Gasteiger partial charge in [0.15, 0.2) is 0 Å². The number of hydrogen-bond acceptors (Lipinski definition) is 2. The molecule has 0 aromatic heterocycles. The van der Waals surface area contributed by atoms with Crippen molar-refractivity contribution < 1.29 is 4.79 Å². The number of nitrogens with two attached hydrogens (primary N) is 1. The highest BCUT2D eigenvalue weighted by Crippen LogP contribution is 2.00. The van der Waals surface area contributed by atoms with Crippen molar-refractivity contribution >= 4 is 5.91 Å². The summed E-state index contributed by atoms with van der Waals surface area (Å²) in [5, 5.41) is 0. The van der Waals surface area contributed by atoms with Crippen LogP contribution in [0, 0.1) is 5.92 Å². The van der Waals surface area contributed by atoms with E-state index in [1.807, 2.05) is 11.8 Å². The molecule has 0 radical (unpaired) electrons. The number of carbonyl (C=O) groups excluding carboxylic acids is 1. The number of carbonyl (C=O) groups is 1. The van der Waals surface area contributed by atoms with Gasteiger partial charge in [-0.05, 0) is 12.8 Å². The second kappa shape index (κ2) is 6.00. The molecule has 0 aliphatic carbocycles. The van der Waals surface area contributed by atoms with Crippen molar-refractivity contribution in [3.8, 4) is 0 Å². The van der Waals surface area contributed by atoms with Gasteiger partial charge >= 0.3 is 0 Å². The lowest BCUT2D eigenvalue weighted by atomic mass is 10.2. The van der Waals surface area contributed by atoms with Crippen LogP contribution in [0.5, 0.6) is 0 Å². The van der Waals surface area contributed by atoms with E-state index < -0.39 is 0 Å². The van der Waals surface area contributed by atoms with Gasteiger partial charge in [0, 0.05) is 26.1 Å². The van der Waals surface area contributed by atoms with Gasteiger partial charge in [0.1, 0.15) is 0 Å². The van der Waals surface area contributed by atoms with Crippen molar-refractivity contribution in [3.63, 3.8) is 0 Å². The summed E-state index contributed by atoms with van der Waals surface area (Å²) < 4.78 is 0. The molecule has 0 aromatic carbocycles. The highest BCUT2D eigenvalue weighted by Gasteiger charge is 2.10. The molecule has 0 heterocycles. The van der Waals surface area contributed by atoms with Gasteiger partial charge in [-0.1, -0.05) is 13.8 Å². The van der Waals surface area contributed by atoms with Crippen LogP contribution in [0.15, 0.2) is 0 Å². The minimum absolute atomic E-state index is 0.175. The van der Waals surface area contributed by atoms with E-state index in [0.717, 1.165) is 13.1 Å². The first-order chi connectivity index (χ1) is 5.61. The monoisotopic (exact) mass is 172 g/mol. The van der Waals surface area contributed by atoms with E-state index in [1.165, 1.54) is 0 Å². The molecule has 72 valence electrons. The predicted molar refractivity (Wildman–Crippen MR) is 50.8 cm³/mol. The lowest BCUT2D eigenvalue weighted by Gasteiger charge is -2.22. The number of amides is 1. The summed E-state index contributed by atoms with van der Waals surface area (Å²) in [5.41, 5.74) is 5.31. The first kappa shape index (κ1) is 11.4. The molecule has 0 fully saturated rings. The van der Waals surface area contributed by atoms with Crippen LogP contribution < -0.4 is 5.73 Å². The molecule has 0 saturated carbocycles. The van der Waals surface area contributed by atoms with Crippen molar-refractivity contribution in [2.45, 2.75) is 27.2 Å². The van der Waals surface area contributed by atoms with E-state index in [1.54, 1.807) is 0 Å². The number of nitrogens with zero attached hydrogens (tertiary/aromatic N) is 1. The molecular weight excluding hydrogens is 152 g/mol. The van der Waals surface area contributed by atoms with Crippen molar-refractivity contribution in [2.75, 3.05) is 19.6 Å². The van der Waals surface area contributed by atoms with Gasteiger partial charge in [0.05, 0.1) is 0 Å². The Morgan fingerprint density at radius 2 is 2.08 bits per heavy atom. The molecule has 0 rings (SSSR count). The van der Waals surface area contributed by atoms with Gasteiger partial charge < -0.3 is 10.6 Å². The zero-order chi connectivity index (χ0) is 9.56. The zero-order valence-corrected chi connectivity index (χ0v) is 8.34. The molecule has 0 saturated heterocycles. The molecule has 0 bridgehead atoms. The van der Waals surface area contributed by atoms with E-state index >= 15 is 0 Å². The third-order valence-corrected chi connectivity index (χ3v) is 1.68. The van der Waals surface area contributed by atoms with E-state index in [4.69, 9.17) is 5.73 Å². The fourth-order valence-electron chi connectivity index (χ4n) is 1.13. The molecular formula is C9H20N2O. The number of hydrogen-bond donors (Lipinski definition) is 1. The third-order valence-electron chi connectivity index (χ3n) is 1.68. The van der Waals surface area contributed by atoms with Crippen LogP contribution in [0.4, 0.5) is 0 Å². The second-order valence-corrected chi connectivity index (χ2v) is 3.36. The fraction of sp³-hybridized carbons (Fsp3) is 0.889. The summed E-state index contributed by atoms with van der Waals surface area (Å²) in [6.07, 6.45) is 0.473. The normalized spacial score (nSPS) is 10.4. The van der Waals surface area contributed by atoms with Crippen LogP contribution in [0.3, 0.4) is 0 Å². The first-order valence-electron chi connectivity index (χ1n) is 4.59. The highest BCUT2D eigenvalue weighted by molar-refractivity contribution is 5.76. The summed E-state index contributed by atoms with van der Waals surface area (Å²) in [6, 6.07) is 0. The molecule has 1 amide bonds. The largest absolute Gasteiger partial charge is 0.343 e. The Hall–Kier alpha value is -0.570. The summed E-state index contributed by atoms with van der Waals surface area (Å²) >= 11 is 0. The van der Waals surface area contributed by atoms with Gasteiger partial charge in [-0.25, -0.2) is 0 Å². The van der Waals surface area contributed by atoms with E-state index in [9.17, 15) is 4.79 Å². The topological polar surface area (TPSA) is 46.3 Å². The maximum Gasteiger partial charge on any atom is 0.223 e. The van der Waals surface area contributed by atoms with Gasteiger partial charge in [-0.15, -0.1) is 0 Å². The van der Waals surface area contributed by atoms with E-state index in [0.29, 0.717) is 18.9 Å². The molecule has 2 N–H and O–H groups in total. The average molecular weight is 172 g/mol. The molecule has 0 aliphatic heterocycles. The van der Waals surface area contributed by atoms with Crippen LogP contribution in [0.2, 0.25) is 0 Å². The molecule has 3 nitrogen and oxygen atoms in total. The Labute approximate surface area is 74.9 Å². The molecule has 0 spiro atoms. The Kier molecular flexibility index (Phi) is 5.72. The quantitative estimate of drug-likeness (QED) is 0.668. The fourth-order valence-corrected chi connectivity index (χ4v) is 1.13. The predicted octanol–water partition coefficient (Wildman–Crippen LogP) is 0.840. The van der Waals surface area contributed by atoms with E-state index in [-0.39, 0.29) is 5.91 Å². The molecule has 0 aliphatic rings. The van der Waals surface area contributed by atoms with Crippen molar-refractivity contribution in [2.24, 2.45) is 11.7 Å². The molecule has 0 unspecified atom stereocenters. The molecule has 12 heavy (non-hydrogen) atoms. The van der Waals surface area contributed by atoms with Crippen LogP contribution in [-0.4, -0.2) is 30.4 Å². The lowest BCUT2D eigenvalue weighted by molar-refractivity contribution is -0.131. The third kappa shape index (κ3) is 4.34. The molecule has 3 heteroatoms. The van der Waals surface area contributed by atoms with Crippen LogP contribution in [0.25, 0.3) is 0 Å². The van der Waals surface area contributed by atoms with Crippen molar-refractivity contribution in [1.82, 2.24) is 4.90 Å². The Morgan fingerprint density at radius 3 is 2.42 bits per heavy atom. The first-order valence-corrected chi connectivity index (χ1v) is 4.59. The lowest BCUT2D eigenvalue weighted by Crippen LogP contribution is -2.35. The molecule has 0 aromatic rings. The smallest absolute Gasteiger partial charge is 0.223 e. The minimum Gasteiger partial charge on any atom is -0.343 e. The van der Waals surface area contributed by atoms with Crippen molar-refractivity contribution in [1.29, 1.82) is 0 Å². The maximum absolute atomic E-state index is 11.4. The van der Waals surface area contributed by atoms with Crippen LogP contribution in [0.1, 0.15) is 27.2 Å². The minimum atomic E-state index is 0.175. The van der Waals surface area contributed by atoms with Gasteiger partial charge in [0.2, 0.25) is 5.91 Å². The number of rotatable bonds is 5. The van der Waals surface area contributed by atoms with Crippen LogP contribution in [-0.2, 0) is 4.79 Å². The second-order valence-electron chi connectivity index (χ2n) is 3.36. The van der Waals surface area contributed by atoms with Gasteiger partial charge in [-0.3, -0.25) is 4.79 Å². The zero-order valence-electron chi connectivity index (χ0n) is 8.34. The van der Waals surface area contributed by atoms with Gasteiger partial charge in [-0.2, -0.15) is 0 Å². The summed E-state index contributed by atoms with van der Waals surface area (Å²) in [4.78, 5) is 13.2. The average Bonchev–Trinajstić information content (AvgIpc) is 2.00. The van der Waals surface area contributed by atoms with Crippen molar-refractivity contribution in [3.05, 3.63) is 0 Å². The standard InChI is InChI=1S/C9H20N2O/c1-4-11(7-8(2)3)9(12)5-6-10/h8H,4-7,10H2,1-3H3. The Balaban J connectivity index is 3.87. The maximum atomic E-state index is 11.4. The SMILES string of the molecule is CCN(CC(C)C)C(=O)CCN. The van der Waals surface area contributed by atoms with E-state index in [2.05, 4.69) is 13.8 Å². The van der Waals surface area contributed by atoms with Crippen LogP contribution >= 0.6 is 0 Å². The highest BCUT2D eigenvalue weighted by atomic mass is 16.2. The summed E-state index contributed by atoms with van der Waals surface area (Å²) in [6.45, 7) is 8.30. The molecule has 0 atom stereocenters. The summed E-state index contributed by atoms with van der Waals surface area (Å²) in [5.74, 6) is 0.709. The Bertz CT molecular complexity index is 134. The summed E-state index contributed by atoms with van der Waals surface area (Å²) in [7, 11) is 0.